The number of carbonyl (C=O) groups is 1. The molecule has 6 nitrogen and oxygen atoms in total. The highest BCUT2D eigenvalue weighted by atomic mass is 32.2. The van der Waals surface area contributed by atoms with E-state index in [1.54, 1.807) is 0 Å². The van der Waals surface area contributed by atoms with E-state index in [2.05, 4.69) is 5.32 Å². The van der Waals surface area contributed by atoms with Gasteiger partial charge in [0.25, 0.3) is 0 Å². The summed E-state index contributed by atoms with van der Waals surface area (Å²) in [5.41, 5.74) is -0.525. The molecule has 0 saturated carbocycles. The highest BCUT2D eigenvalue weighted by Crippen LogP contribution is 2.17. The Bertz CT molecular complexity index is 422. The molecule has 0 spiro atoms. The van der Waals surface area contributed by atoms with E-state index < -0.39 is 15.6 Å². The molecule has 0 aromatic carbocycles. The van der Waals surface area contributed by atoms with Crippen LogP contribution in [-0.4, -0.2) is 56.2 Å². The van der Waals surface area contributed by atoms with Gasteiger partial charge < -0.3 is 10.1 Å². The number of hydrogen-bond donors (Lipinski definition) is 1. The maximum Gasteiger partial charge on any atom is 0.221 e. The molecule has 20 heavy (non-hydrogen) atoms. The number of sulfonamides is 1. The Labute approximate surface area is 121 Å². The molecule has 1 unspecified atom stereocenters. The van der Waals surface area contributed by atoms with Crippen LogP contribution in [0.4, 0.5) is 0 Å². The molecule has 0 radical (unpaired) electrons. The molecule has 118 valence electrons. The monoisotopic (exact) mass is 306 g/mol. The smallest absolute Gasteiger partial charge is 0.221 e. The minimum atomic E-state index is -3.32. The maximum absolute atomic E-state index is 11.8. The van der Waals surface area contributed by atoms with E-state index in [0.29, 0.717) is 6.54 Å². The Morgan fingerprint density at radius 2 is 2.05 bits per heavy atom. The van der Waals surface area contributed by atoms with Crippen LogP contribution in [0.2, 0.25) is 0 Å². The van der Waals surface area contributed by atoms with Crippen LogP contribution in [0.1, 0.15) is 40.0 Å². The van der Waals surface area contributed by atoms with Crippen LogP contribution in [0.25, 0.3) is 0 Å². The molecule has 0 bridgehead atoms. The van der Waals surface area contributed by atoms with Crippen molar-refractivity contribution in [3.05, 3.63) is 0 Å². The van der Waals surface area contributed by atoms with Gasteiger partial charge in [-0.1, -0.05) is 0 Å². The van der Waals surface area contributed by atoms with Crippen LogP contribution in [-0.2, 0) is 19.6 Å². The fraction of sp³-hybridized carbons (Fsp3) is 0.923. The average Bonchev–Trinajstić information content (AvgIpc) is 2.75. The van der Waals surface area contributed by atoms with Gasteiger partial charge in [0.2, 0.25) is 15.9 Å². The summed E-state index contributed by atoms with van der Waals surface area (Å²) < 4.78 is 30.2. The first-order valence-electron chi connectivity index (χ1n) is 6.97. The van der Waals surface area contributed by atoms with E-state index >= 15 is 0 Å². The van der Waals surface area contributed by atoms with E-state index in [1.165, 1.54) is 10.6 Å². The van der Waals surface area contributed by atoms with Gasteiger partial charge in [-0.3, -0.25) is 4.79 Å². The fourth-order valence-electron chi connectivity index (χ4n) is 2.32. The van der Waals surface area contributed by atoms with Crippen LogP contribution in [0.3, 0.4) is 0 Å². The highest BCUT2D eigenvalue weighted by molar-refractivity contribution is 7.88. The van der Waals surface area contributed by atoms with Crippen molar-refractivity contribution in [2.75, 3.05) is 26.0 Å². The van der Waals surface area contributed by atoms with Crippen molar-refractivity contribution in [3.8, 4) is 0 Å². The van der Waals surface area contributed by atoms with Gasteiger partial charge in [0, 0.05) is 31.7 Å². The summed E-state index contributed by atoms with van der Waals surface area (Å²) in [4.78, 5) is 11.8. The SMILES string of the molecule is CC(C)(C)N(CCC(=O)NCC1CCCO1)S(C)(=O)=O. The summed E-state index contributed by atoms with van der Waals surface area (Å²) in [5.74, 6) is -0.140. The first-order valence-corrected chi connectivity index (χ1v) is 8.81. The second-order valence-corrected chi connectivity index (χ2v) is 8.10. The van der Waals surface area contributed by atoms with E-state index in [1.807, 2.05) is 20.8 Å². The first-order chi connectivity index (χ1) is 9.10. The Kier molecular flexibility index (Phi) is 5.97. The van der Waals surface area contributed by atoms with Crippen molar-refractivity contribution in [1.82, 2.24) is 9.62 Å². The minimum absolute atomic E-state index is 0.104. The molecule has 1 N–H and O–H groups in total. The molecule has 1 fully saturated rings. The average molecular weight is 306 g/mol. The molecular weight excluding hydrogens is 280 g/mol. The van der Waals surface area contributed by atoms with Crippen LogP contribution < -0.4 is 5.32 Å². The molecule has 1 heterocycles. The van der Waals surface area contributed by atoms with Crippen molar-refractivity contribution in [1.29, 1.82) is 0 Å². The number of rotatable bonds is 6. The lowest BCUT2D eigenvalue weighted by Crippen LogP contribution is -2.46. The maximum atomic E-state index is 11.8. The summed E-state index contributed by atoms with van der Waals surface area (Å²) in [7, 11) is -3.32. The Morgan fingerprint density at radius 1 is 1.40 bits per heavy atom. The molecule has 1 rings (SSSR count). The predicted octanol–water partition coefficient (Wildman–Crippen LogP) is 0.732. The quantitative estimate of drug-likeness (QED) is 0.785. The number of nitrogens with zero attached hydrogens (tertiary/aromatic N) is 1. The third-order valence-corrected chi connectivity index (χ3v) is 4.77. The summed E-state index contributed by atoms with van der Waals surface area (Å²) in [6.07, 6.45) is 3.44. The predicted molar refractivity (Wildman–Crippen MR) is 77.9 cm³/mol. The first kappa shape index (κ1) is 17.4. The standard InChI is InChI=1S/C13H26N2O4S/c1-13(2,3)15(20(4,17)18)8-7-12(16)14-10-11-6-5-9-19-11/h11H,5-10H2,1-4H3,(H,14,16). The number of amides is 1. The van der Waals surface area contributed by atoms with Gasteiger partial charge in [-0.05, 0) is 33.6 Å². The van der Waals surface area contributed by atoms with E-state index in [0.717, 1.165) is 19.4 Å². The van der Waals surface area contributed by atoms with Crippen molar-refractivity contribution in [3.63, 3.8) is 0 Å². The highest BCUT2D eigenvalue weighted by Gasteiger charge is 2.29. The third-order valence-electron chi connectivity index (χ3n) is 3.24. The molecule has 1 aliphatic heterocycles. The zero-order valence-electron chi connectivity index (χ0n) is 12.8. The number of hydrogen-bond acceptors (Lipinski definition) is 4. The van der Waals surface area contributed by atoms with Crippen LogP contribution >= 0.6 is 0 Å². The van der Waals surface area contributed by atoms with Crippen LogP contribution in [0.15, 0.2) is 0 Å². The van der Waals surface area contributed by atoms with Gasteiger partial charge in [-0.2, -0.15) is 4.31 Å². The number of ether oxygens (including phenoxy) is 1. The lowest BCUT2D eigenvalue weighted by molar-refractivity contribution is -0.121. The normalized spacial score (nSPS) is 20.4. The van der Waals surface area contributed by atoms with Crippen molar-refractivity contribution < 1.29 is 17.9 Å². The lowest BCUT2D eigenvalue weighted by Gasteiger charge is -2.33. The van der Waals surface area contributed by atoms with Crippen molar-refractivity contribution in [2.45, 2.75) is 51.7 Å². The Morgan fingerprint density at radius 3 is 2.50 bits per heavy atom. The summed E-state index contributed by atoms with van der Waals surface area (Å²) in [6.45, 7) is 6.91. The lowest BCUT2D eigenvalue weighted by atomic mass is 10.1. The Balaban J connectivity index is 2.41. The van der Waals surface area contributed by atoms with E-state index in [9.17, 15) is 13.2 Å². The largest absolute Gasteiger partial charge is 0.376 e. The minimum Gasteiger partial charge on any atom is -0.376 e. The van der Waals surface area contributed by atoms with E-state index in [-0.39, 0.29) is 25.0 Å². The van der Waals surface area contributed by atoms with Crippen molar-refractivity contribution in [2.24, 2.45) is 0 Å². The van der Waals surface area contributed by atoms with Crippen LogP contribution in [0, 0.1) is 0 Å². The van der Waals surface area contributed by atoms with E-state index in [4.69, 9.17) is 4.74 Å². The van der Waals surface area contributed by atoms with Crippen molar-refractivity contribution >= 4 is 15.9 Å². The van der Waals surface area contributed by atoms with Gasteiger partial charge in [0.1, 0.15) is 0 Å². The number of carbonyl (C=O) groups excluding carboxylic acids is 1. The molecule has 1 amide bonds. The molecule has 0 aromatic heterocycles. The third kappa shape index (κ3) is 5.76. The second-order valence-electron chi connectivity index (χ2n) is 6.20. The molecule has 0 aromatic rings. The summed E-state index contributed by atoms with van der Waals surface area (Å²) in [6, 6.07) is 0. The molecule has 7 heteroatoms. The fourth-order valence-corrected chi connectivity index (χ4v) is 3.74. The van der Waals surface area contributed by atoms with Gasteiger partial charge >= 0.3 is 0 Å². The summed E-state index contributed by atoms with van der Waals surface area (Å²) >= 11 is 0. The topological polar surface area (TPSA) is 75.7 Å². The van der Waals surface area contributed by atoms with Gasteiger partial charge in [0.15, 0.2) is 0 Å². The summed E-state index contributed by atoms with van der Waals surface area (Å²) in [5, 5.41) is 2.80. The van der Waals surface area contributed by atoms with Gasteiger partial charge in [0.05, 0.1) is 12.4 Å². The molecule has 1 aliphatic rings. The Hall–Kier alpha value is -0.660. The van der Waals surface area contributed by atoms with Crippen LogP contribution in [0.5, 0.6) is 0 Å². The molecule has 0 aliphatic carbocycles. The molecule has 1 atom stereocenters. The second kappa shape index (κ2) is 6.87. The number of nitrogens with one attached hydrogen (secondary N) is 1. The van der Waals surface area contributed by atoms with Gasteiger partial charge in [-0.15, -0.1) is 0 Å². The zero-order valence-corrected chi connectivity index (χ0v) is 13.6. The molecular formula is C13H26N2O4S. The zero-order chi connectivity index (χ0) is 15.4. The van der Waals surface area contributed by atoms with Gasteiger partial charge in [-0.25, -0.2) is 8.42 Å². The molecule has 1 saturated heterocycles.